The Kier molecular flexibility index (Phi) is 1.94. The van der Waals surface area contributed by atoms with E-state index in [9.17, 15) is 5.11 Å². The molecule has 0 radical (unpaired) electrons. The number of aromatic hydroxyl groups is 1. The van der Waals surface area contributed by atoms with Crippen molar-refractivity contribution in [2.45, 2.75) is 0 Å². The highest BCUT2D eigenvalue weighted by Gasteiger charge is 2.07. The first kappa shape index (κ1) is 8.13. The first-order valence-corrected chi connectivity index (χ1v) is 4.05. The number of benzene rings is 1. The zero-order valence-electron chi connectivity index (χ0n) is 6.57. The number of aromatic nitrogens is 1. The Bertz CT molecular complexity index is 425. The molecule has 2 rings (SSSR count). The molecule has 0 saturated carbocycles. The quantitative estimate of drug-likeness (QED) is 0.761. The molecule has 13 heavy (non-hydrogen) atoms. The molecule has 0 unspecified atom stereocenters. The fourth-order valence-electron chi connectivity index (χ4n) is 1.09. The van der Waals surface area contributed by atoms with Crippen LogP contribution in [0.3, 0.4) is 0 Å². The standard InChI is InChI=1S/C9H6ClNO2/c10-9-8(5-11-13-9)6-2-1-3-7(12)4-6/h1-5,12H. The minimum atomic E-state index is 0.190. The summed E-state index contributed by atoms with van der Waals surface area (Å²) >= 11 is 5.72. The van der Waals surface area contributed by atoms with Crippen LogP contribution in [0.2, 0.25) is 5.22 Å². The highest BCUT2D eigenvalue weighted by molar-refractivity contribution is 6.31. The summed E-state index contributed by atoms with van der Waals surface area (Å²) in [6, 6.07) is 6.73. The van der Waals surface area contributed by atoms with Crippen LogP contribution in [0.5, 0.6) is 5.75 Å². The summed E-state index contributed by atoms with van der Waals surface area (Å²) in [5.74, 6) is 0.190. The van der Waals surface area contributed by atoms with E-state index in [1.165, 1.54) is 6.20 Å². The van der Waals surface area contributed by atoms with Gasteiger partial charge in [0.15, 0.2) is 0 Å². The Balaban J connectivity index is 2.53. The smallest absolute Gasteiger partial charge is 0.233 e. The second-order valence-corrected chi connectivity index (χ2v) is 2.91. The van der Waals surface area contributed by atoms with Gasteiger partial charge in [0.2, 0.25) is 5.22 Å². The topological polar surface area (TPSA) is 46.3 Å². The van der Waals surface area contributed by atoms with Crippen molar-refractivity contribution in [3.63, 3.8) is 0 Å². The molecule has 1 N–H and O–H groups in total. The van der Waals surface area contributed by atoms with Gasteiger partial charge in [-0.05, 0) is 29.3 Å². The zero-order chi connectivity index (χ0) is 9.26. The van der Waals surface area contributed by atoms with Gasteiger partial charge in [-0.25, -0.2) is 0 Å². The van der Waals surface area contributed by atoms with Crippen molar-refractivity contribution in [3.05, 3.63) is 35.7 Å². The van der Waals surface area contributed by atoms with Gasteiger partial charge in [0.25, 0.3) is 0 Å². The van der Waals surface area contributed by atoms with Crippen molar-refractivity contribution in [3.8, 4) is 16.9 Å². The predicted octanol–water partition coefficient (Wildman–Crippen LogP) is 2.70. The van der Waals surface area contributed by atoms with Gasteiger partial charge in [-0.2, -0.15) is 0 Å². The number of halogens is 1. The average Bonchev–Trinajstić information content (AvgIpc) is 2.51. The molecule has 0 saturated heterocycles. The number of phenols is 1. The zero-order valence-corrected chi connectivity index (χ0v) is 7.32. The molecule has 1 aromatic heterocycles. The van der Waals surface area contributed by atoms with Crippen LogP contribution in [0.25, 0.3) is 11.1 Å². The van der Waals surface area contributed by atoms with E-state index in [1.807, 2.05) is 6.07 Å². The lowest BCUT2D eigenvalue weighted by atomic mass is 10.1. The van der Waals surface area contributed by atoms with Crippen molar-refractivity contribution >= 4 is 11.6 Å². The Hall–Kier alpha value is -1.48. The molecule has 0 atom stereocenters. The van der Waals surface area contributed by atoms with Crippen LogP contribution in [-0.2, 0) is 0 Å². The van der Waals surface area contributed by atoms with Crippen LogP contribution in [-0.4, -0.2) is 10.3 Å². The van der Waals surface area contributed by atoms with Gasteiger partial charge >= 0.3 is 0 Å². The second-order valence-electron chi connectivity index (χ2n) is 2.56. The minimum Gasteiger partial charge on any atom is -0.508 e. The van der Waals surface area contributed by atoms with Crippen molar-refractivity contribution in [2.75, 3.05) is 0 Å². The molecule has 0 amide bonds. The summed E-state index contributed by atoms with van der Waals surface area (Å²) < 4.78 is 4.69. The Labute approximate surface area is 79.6 Å². The van der Waals surface area contributed by atoms with E-state index < -0.39 is 0 Å². The van der Waals surface area contributed by atoms with Crippen LogP contribution >= 0.6 is 11.6 Å². The van der Waals surface area contributed by atoms with Gasteiger partial charge in [0.05, 0.1) is 11.8 Å². The molecule has 4 heteroatoms. The van der Waals surface area contributed by atoms with E-state index in [0.29, 0.717) is 5.56 Å². The summed E-state index contributed by atoms with van der Waals surface area (Å²) in [6.07, 6.45) is 1.51. The third kappa shape index (κ3) is 1.51. The number of rotatable bonds is 1. The molecule has 1 aromatic carbocycles. The summed E-state index contributed by atoms with van der Waals surface area (Å²) in [7, 11) is 0. The third-order valence-corrected chi connectivity index (χ3v) is 1.96. The van der Waals surface area contributed by atoms with E-state index >= 15 is 0 Å². The maximum absolute atomic E-state index is 9.21. The van der Waals surface area contributed by atoms with E-state index in [-0.39, 0.29) is 11.0 Å². The van der Waals surface area contributed by atoms with Crippen molar-refractivity contribution in [1.29, 1.82) is 0 Å². The van der Waals surface area contributed by atoms with Crippen LogP contribution in [0.15, 0.2) is 35.0 Å². The SMILES string of the molecule is Oc1cccc(-c2cnoc2Cl)c1. The molecule has 2 aromatic rings. The highest BCUT2D eigenvalue weighted by atomic mass is 35.5. The Morgan fingerprint density at radius 3 is 2.85 bits per heavy atom. The summed E-state index contributed by atoms with van der Waals surface area (Å²) in [5, 5.41) is 13.0. The number of hydrogen-bond donors (Lipinski definition) is 1. The normalized spacial score (nSPS) is 10.2. The Morgan fingerprint density at radius 1 is 1.38 bits per heavy atom. The lowest BCUT2D eigenvalue weighted by Gasteiger charge is -1.96. The monoisotopic (exact) mass is 195 g/mol. The molecule has 1 heterocycles. The summed E-state index contributed by atoms with van der Waals surface area (Å²) in [4.78, 5) is 0. The largest absolute Gasteiger partial charge is 0.508 e. The van der Waals surface area contributed by atoms with E-state index in [2.05, 4.69) is 5.16 Å². The van der Waals surface area contributed by atoms with Crippen LogP contribution in [0.1, 0.15) is 0 Å². The molecule has 0 spiro atoms. The van der Waals surface area contributed by atoms with Crippen molar-refractivity contribution in [2.24, 2.45) is 0 Å². The van der Waals surface area contributed by atoms with Crippen molar-refractivity contribution in [1.82, 2.24) is 5.16 Å². The molecule has 0 aliphatic rings. The molecular weight excluding hydrogens is 190 g/mol. The van der Waals surface area contributed by atoms with Gasteiger partial charge in [0, 0.05) is 0 Å². The molecule has 0 aliphatic carbocycles. The van der Waals surface area contributed by atoms with Gasteiger partial charge in [0.1, 0.15) is 5.75 Å². The van der Waals surface area contributed by atoms with Crippen LogP contribution in [0.4, 0.5) is 0 Å². The third-order valence-electron chi connectivity index (χ3n) is 1.68. The van der Waals surface area contributed by atoms with E-state index in [0.717, 1.165) is 5.56 Å². The molecule has 0 fully saturated rings. The van der Waals surface area contributed by atoms with E-state index in [1.54, 1.807) is 18.2 Å². The maximum atomic E-state index is 9.21. The fraction of sp³-hybridized carbons (Fsp3) is 0. The maximum Gasteiger partial charge on any atom is 0.233 e. The molecule has 0 aliphatic heterocycles. The lowest BCUT2D eigenvalue weighted by molar-refractivity contribution is 0.422. The molecule has 66 valence electrons. The molecular formula is C9H6ClNO2. The number of phenolic OH excluding ortho intramolecular Hbond substituents is 1. The second kappa shape index (κ2) is 3.11. The first-order chi connectivity index (χ1) is 6.27. The molecule has 3 nitrogen and oxygen atoms in total. The minimum absolute atomic E-state index is 0.190. The first-order valence-electron chi connectivity index (χ1n) is 3.67. The average molecular weight is 196 g/mol. The highest BCUT2D eigenvalue weighted by Crippen LogP contribution is 2.29. The summed E-state index contributed by atoms with van der Waals surface area (Å²) in [6.45, 7) is 0. The van der Waals surface area contributed by atoms with Crippen LogP contribution < -0.4 is 0 Å². The van der Waals surface area contributed by atoms with Gasteiger partial charge in [-0.3, -0.25) is 0 Å². The van der Waals surface area contributed by atoms with Gasteiger partial charge in [-0.1, -0.05) is 17.3 Å². The fourth-order valence-corrected chi connectivity index (χ4v) is 1.28. The van der Waals surface area contributed by atoms with Crippen LogP contribution in [0, 0.1) is 0 Å². The van der Waals surface area contributed by atoms with Gasteiger partial charge in [-0.15, -0.1) is 0 Å². The van der Waals surface area contributed by atoms with Gasteiger partial charge < -0.3 is 9.63 Å². The number of nitrogens with zero attached hydrogens (tertiary/aromatic N) is 1. The molecule has 0 bridgehead atoms. The predicted molar refractivity (Wildman–Crippen MR) is 48.6 cm³/mol. The lowest BCUT2D eigenvalue weighted by Crippen LogP contribution is -1.73. The van der Waals surface area contributed by atoms with Crippen molar-refractivity contribution < 1.29 is 9.63 Å². The Morgan fingerprint density at radius 2 is 2.23 bits per heavy atom. The van der Waals surface area contributed by atoms with E-state index in [4.69, 9.17) is 16.1 Å². The number of hydrogen-bond acceptors (Lipinski definition) is 3. The summed E-state index contributed by atoms with van der Waals surface area (Å²) in [5.41, 5.74) is 1.46.